The molecule has 0 unspecified atom stereocenters. The number of nitrogens with zero attached hydrogens (tertiary/aromatic N) is 2. The fraction of sp³-hybridized carbons (Fsp3) is 0.391. The van der Waals surface area contributed by atoms with Crippen molar-refractivity contribution in [3.63, 3.8) is 0 Å². The second-order valence-corrected chi connectivity index (χ2v) is 8.64. The molecule has 3 heterocycles. The molecule has 14 heteroatoms. The maximum atomic E-state index is 15.6. The highest BCUT2D eigenvalue weighted by Crippen LogP contribution is 2.46. The summed E-state index contributed by atoms with van der Waals surface area (Å²) in [4.78, 5) is 51.2. The summed E-state index contributed by atoms with van der Waals surface area (Å²) >= 11 is 0. The molecule has 2 aromatic rings. The molecule has 2 fully saturated rings. The molecule has 37 heavy (non-hydrogen) atoms. The second-order valence-electron chi connectivity index (χ2n) is 8.64. The average Bonchev–Trinajstić information content (AvgIpc) is 3.17. The summed E-state index contributed by atoms with van der Waals surface area (Å²) in [6.45, 7) is -0.135. The van der Waals surface area contributed by atoms with Crippen LogP contribution >= 0.6 is 0 Å². The predicted octanol–water partition coefficient (Wildman–Crippen LogP) is 2.24. The minimum absolute atomic E-state index is 0.0267. The quantitative estimate of drug-likeness (QED) is 0.585. The summed E-state index contributed by atoms with van der Waals surface area (Å²) in [6, 6.07) is 8.12. The van der Waals surface area contributed by atoms with Crippen LogP contribution in [0.3, 0.4) is 0 Å². The Morgan fingerprint density at radius 2 is 1.78 bits per heavy atom. The number of aromatic amines is 1. The lowest BCUT2D eigenvalue weighted by atomic mass is 9.93. The van der Waals surface area contributed by atoms with Gasteiger partial charge in [-0.15, -0.1) is 0 Å². The number of pyridine rings is 1. The molecule has 4 rings (SSSR count). The van der Waals surface area contributed by atoms with Crippen LogP contribution in [0, 0.1) is 6.92 Å². The summed E-state index contributed by atoms with van der Waals surface area (Å²) < 4.78 is 68.0. The van der Waals surface area contributed by atoms with Gasteiger partial charge in [0.1, 0.15) is 11.3 Å². The Hall–Kier alpha value is -3.97. The number of benzene rings is 1. The van der Waals surface area contributed by atoms with Gasteiger partial charge in [0.05, 0.1) is 26.7 Å². The lowest BCUT2D eigenvalue weighted by molar-refractivity contribution is -0.192. The van der Waals surface area contributed by atoms with Gasteiger partial charge in [0.2, 0.25) is 5.67 Å². The topological polar surface area (TPSA) is 120 Å². The van der Waals surface area contributed by atoms with E-state index in [1.807, 2.05) is 0 Å². The summed E-state index contributed by atoms with van der Waals surface area (Å²) in [5, 5.41) is 7.12. The Morgan fingerprint density at radius 3 is 2.32 bits per heavy atom. The van der Waals surface area contributed by atoms with Crippen molar-refractivity contribution in [2.75, 3.05) is 26.7 Å². The molecule has 1 aromatic carbocycles. The van der Waals surface area contributed by atoms with Crippen LogP contribution in [-0.4, -0.2) is 81.9 Å². The van der Waals surface area contributed by atoms with Gasteiger partial charge in [-0.2, -0.15) is 13.2 Å². The predicted molar refractivity (Wildman–Crippen MR) is 117 cm³/mol. The number of H-pyrrole nitrogens is 1. The van der Waals surface area contributed by atoms with Crippen molar-refractivity contribution in [3.8, 4) is 5.75 Å². The molecule has 0 radical (unpaired) electrons. The van der Waals surface area contributed by atoms with Gasteiger partial charge in [-0.05, 0) is 24.6 Å². The van der Waals surface area contributed by atoms with Gasteiger partial charge in [-0.1, -0.05) is 12.1 Å². The summed E-state index contributed by atoms with van der Waals surface area (Å²) in [5.41, 5.74) is -4.92. The van der Waals surface area contributed by atoms with Gasteiger partial charge in [0.25, 0.3) is 11.8 Å². The van der Waals surface area contributed by atoms with E-state index in [1.165, 1.54) is 19.4 Å². The van der Waals surface area contributed by atoms with Crippen molar-refractivity contribution in [1.29, 1.82) is 0 Å². The Balaban J connectivity index is 0.000000479. The number of carboxylic acids is 1. The molecule has 2 saturated heterocycles. The summed E-state index contributed by atoms with van der Waals surface area (Å²) in [6.07, 6.45) is -3.86. The van der Waals surface area contributed by atoms with Crippen molar-refractivity contribution in [2.24, 2.45) is 0 Å². The minimum atomic E-state index is -5.08. The molecular formula is C23H22F5N3O6. The third-order valence-corrected chi connectivity index (χ3v) is 5.95. The van der Waals surface area contributed by atoms with E-state index in [2.05, 4.69) is 4.98 Å². The van der Waals surface area contributed by atoms with Gasteiger partial charge >= 0.3 is 12.1 Å². The van der Waals surface area contributed by atoms with Crippen LogP contribution < -0.4 is 10.2 Å². The lowest BCUT2D eigenvalue weighted by Crippen LogP contribution is -2.47. The van der Waals surface area contributed by atoms with Gasteiger partial charge in [-0.25, -0.2) is 13.6 Å². The number of carboxylic acid groups (broad SMARTS) is 1. The Bertz CT molecular complexity index is 1280. The molecule has 2 amide bonds. The van der Waals surface area contributed by atoms with Gasteiger partial charge < -0.3 is 24.6 Å². The summed E-state index contributed by atoms with van der Waals surface area (Å²) in [7, 11) is 1.50. The molecule has 2 N–H and O–H groups in total. The van der Waals surface area contributed by atoms with Crippen LogP contribution in [0.5, 0.6) is 5.75 Å². The first-order valence-corrected chi connectivity index (χ1v) is 10.7. The maximum absolute atomic E-state index is 15.6. The average molecular weight is 531 g/mol. The second kappa shape index (κ2) is 9.82. The van der Waals surface area contributed by atoms with Crippen LogP contribution in [0.25, 0.3) is 0 Å². The zero-order valence-corrected chi connectivity index (χ0v) is 19.6. The fourth-order valence-corrected chi connectivity index (χ4v) is 4.12. The first-order chi connectivity index (χ1) is 17.1. The number of fused-ring (bicyclic) bond motifs is 1. The number of rotatable bonds is 4. The number of hydrogen-bond donors (Lipinski definition) is 2. The molecule has 9 nitrogen and oxygen atoms in total. The Labute approximate surface area is 206 Å². The van der Waals surface area contributed by atoms with Crippen LogP contribution in [0.15, 0.2) is 41.3 Å². The largest absolute Gasteiger partial charge is 0.497 e. The molecule has 1 aromatic heterocycles. The van der Waals surface area contributed by atoms with Gasteiger partial charge in [0.15, 0.2) is 11.1 Å². The van der Waals surface area contributed by atoms with Crippen LogP contribution in [0.2, 0.25) is 0 Å². The van der Waals surface area contributed by atoms with Crippen LogP contribution in [-0.2, 0) is 16.1 Å². The van der Waals surface area contributed by atoms with E-state index in [1.54, 1.807) is 31.2 Å². The Kier molecular flexibility index (Phi) is 7.33. The Morgan fingerprint density at radius 1 is 1.14 bits per heavy atom. The number of amides is 2. The number of aromatic nitrogens is 1. The molecule has 0 bridgehead atoms. The highest BCUT2D eigenvalue weighted by atomic mass is 19.4. The first-order valence-electron chi connectivity index (χ1n) is 10.7. The third kappa shape index (κ3) is 5.42. The molecule has 200 valence electrons. The van der Waals surface area contributed by atoms with E-state index in [4.69, 9.17) is 14.6 Å². The number of methoxy groups -OCH3 is 1. The van der Waals surface area contributed by atoms with Crippen molar-refractivity contribution < 1.29 is 46.2 Å². The van der Waals surface area contributed by atoms with E-state index in [9.17, 15) is 27.6 Å². The van der Waals surface area contributed by atoms with Crippen LogP contribution in [0.4, 0.5) is 22.0 Å². The number of ether oxygens (including phenoxy) is 1. The molecular weight excluding hydrogens is 509 g/mol. The molecule has 0 saturated carbocycles. The highest BCUT2D eigenvalue weighted by molar-refractivity contribution is 5.97. The SMILES string of the molecule is COc1cccc(CN2C[C@@]3(F)CN(C(=O)c4c[nH]c(C)cc4=O)C[C@@]3(F)C2=O)c1.O=C(O)C(F)(F)F. The van der Waals surface area contributed by atoms with Crippen molar-refractivity contribution >= 4 is 17.8 Å². The van der Waals surface area contributed by atoms with E-state index in [0.29, 0.717) is 17.0 Å². The molecule has 0 spiro atoms. The van der Waals surface area contributed by atoms with E-state index >= 15 is 8.78 Å². The number of carbonyl (C=O) groups excluding carboxylic acids is 2. The maximum Gasteiger partial charge on any atom is 0.490 e. The summed E-state index contributed by atoms with van der Waals surface area (Å²) in [5.74, 6) is -3.98. The highest BCUT2D eigenvalue weighted by Gasteiger charge is 2.71. The van der Waals surface area contributed by atoms with Crippen molar-refractivity contribution in [1.82, 2.24) is 14.8 Å². The minimum Gasteiger partial charge on any atom is -0.497 e. The molecule has 2 aliphatic rings. The number of hydrogen-bond acceptors (Lipinski definition) is 5. The van der Waals surface area contributed by atoms with E-state index in [0.717, 1.165) is 9.80 Å². The number of likely N-dealkylation sites (tertiary alicyclic amines) is 2. The number of alkyl halides is 5. The zero-order chi connectivity index (χ0) is 27.8. The van der Waals surface area contributed by atoms with Crippen LogP contribution in [0.1, 0.15) is 21.6 Å². The van der Waals surface area contributed by atoms with Gasteiger partial charge in [-0.3, -0.25) is 14.4 Å². The number of aryl methyl sites for hydroxylation is 1. The number of aliphatic carboxylic acids is 1. The van der Waals surface area contributed by atoms with E-state index in [-0.39, 0.29) is 12.1 Å². The number of carbonyl (C=O) groups is 3. The molecule has 2 aliphatic heterocycles. The number of halogens is 5. The normalized spacial score (nSPS) is 22.8. The molecule has 0 aliphatic carbocycles. The standard InChI is InChI=1S/C21H21F2N3O4.C2HF3O2/c1-13-6-17(27)16(8-24-13)18(28)26-11-20(22)10-25(19(29)21(20,23)12-26)9-14-4-3-5-15(7-14)30-2;3-2(4,5)1(6)7/h3-8H,9-12H2,1-2H3,(H,24,27);(H,6,7)/t20-,21-;/m1./s1. The fourth-order valence-electron chi connectivity index (χ4n) is 4.12. The lowest BCUT2D eigenvalue weighted by Gasteiger charge is -2.22. The number of nitrogens with one attached hydrogen (secondary N) is 1. The molecule has 2 atom stereocenters. The third-order valence-electron chi connectivity index (χ3n) is 5.95. The van der Waals surface area contributed by atoms with Crippen molar-refractivity contribution in [3.05, 3.63) is 63.6 Å². The monoisotopic (exact) mass is 531 g/mol. The smallest absolute Gasteiger partial charge is 0.490 e. The first kappa shape index (κ1) is 27.6. The van der Waals surface area contributed by atoms with Gasteiger partial charge in [0, 0.05) is 24.5 Å². The van der Waals surface area contributed by atoms with E-state index < -0.39 is 60.4 Å². The zero-order valence-electron chi connectivity index (χ0n) is 19.6. The van der Waals surface area contributed by atoms with Crippen molar-refractivity contribution in [2.45, 2.75) is 31.0 Å².